The number of hydrogen-bond donors (Lipinski definition) is 1. The predicted octanol–water partition coefficient (Wildman–Crippen LogP) is 5.93. The lowest BCUT2D eigenvalue weighted by molar-refractivity contribution is -0.144. The van der Waals surface area contributed by atoms with Crippen molar-refractivity contribution in [2.75, 3.05) is 13.7 Å². The fourth-order valence-corrected chi connectivity index (χ4v) is 4.30. The van der Waals surface area contributed by atoms with Crippen LogP contribution >= 0.6 is 0 Å². The summed E-state index contributed by atoms with van der Waals surface area (Å²) >= 11 is 0. The summed E-state index contributed by atoms with van der Waals surface area (Å²) in [7, 11) is 1.66. The Balaban J connectivity index is 1.72. The molecular weight excluding hydrogens is 443 g/mol. The molecule has 35 heavy (non-hydrogen) atoms. The van der Waals surface area contributed by atoms with Crippen LogP contribution in [0.25, 0.3) is 33.3 Å². The molecular formula is C29H29FN2O3. The highest BCUT2D eigenvalue weighted by atomic mass is 19.1. The predicted molar refractivity (Wildman–Crippen MR) is 137 cm³/mol. The van der Waals surface area contributed by atoms with Crippen molar-refractivity contribution < 1.29 is 18.7 Å². The van der Waals surface area contributed by atoms with Gasteiger partial charge in [0.15, 0.2) is 0 Å². The van der Waals surface area contributed by atoms with E-state index in [4.69, 9.17) is 20.2 Å². The molecule has 0 spiro atoms. The fourth-order valence-electron chi connectivity index (χ4n) is 4.30. The number of methoxy groups -OCH3 is 1. The molecule has 6 heteroatoms. The molecule has 3 aromatic carbocycles. The van der Waals surface area contributed by atoms with Crippen molar-refractivity contribution in [2.45, 2.75) is 32.2 Å². The molecule has 0 radical (unpaired) electrons. The Morgan fingerprint density at radius 2 is 1.74 bits per heavy atom. The highest BCUT2D eigenvalue weighted by molar-refractivity contribution is 5.86. The number of fused-ring (bicyclic) bond motifs is 1. The minimum atomic E-state index is -0.863. The molecule has 0 fully saturated rings. The van der Waals surface area contributed by atoms with Gasteiger partial charge in [-0.15, -0.1) is 0 Å². The van der Waals surface area contributed by atoms with Crippen LogP contribution in [-0.2, 0) is 16.0 Å². The van der Waals surface area contributed by atoms with Crippen LogP contribution in [0.2, 0.25) is 0 Å². The van der Waals surface area contributed by atoms with Crippen LogP contribution in [0.1, 0.15) is 25.8 Å². The van der Waals surface area contributed by atoms with E-state index in [1.165, 1.54) is 12.1 Å². The second kappa shape index (κ2) is 10.2. The van der Waals surface area contributed by atoms with Crippen molar-refractivity contribution in [3.63, 3.8) is 0 Å². The minimum absolute atomic E-state index is 0.0584. The highest BCUT2D eigenvalue weighted by Crippen LogP contribution is 2.33. The maximum Gasteiger partial charge on any atom is 0.307 e. The molecule has 180 valence electrons. The number of hydrogen-bond acceptors (Lipinski definition) is 5. The van der Waals surface area contributed by atoms with E-state index in [-0.39, 0.29) is 18.2 Å². The van der Waals surface area contributed by atoms with Gasteiger partial charge in [-0.3, -0.25) is 4.79 Å². The van der Waals surface area contributed by atoms with Gasteiger partial charge in [0.05, 0.1) is 31.3 Å². The number of carbonyl (C=O) groups is 1. The summed E-state index contributed by atoms with van der Waals surface area (Å²) in [5, 5.41) is 0.680. The van der Waals surface area contributed by atoms with Gasteiger partial charge in [0.25, 0.3) is 0 Å². The lowest BCUT2D eigenvalue weighted by Crippen LogP contribution is -2.41. The summed E-state index contributed by atoms with van der Waals surface area (Å²) < 4.78 is 24.7. The molecule has 1 atom stereocenters. The van der Waals surface area contributed by atoms with Gasteiger partial charge in [0.2, 0.25) is 0 Å². The molecule has 5 nitrogen and oxygen atoms in total. The van der Waals surface area contributed by atoms with Gasteiger partial charge in [-0.25, -0.2) is 9.37 Å². The molecule has 1 heterocycles. The van der Waals surface area contributed by atoms with Gasteiger partial charge >= 0.3 is 5.97 Å². The average Bonchev–Trinajstić information content (AvgIpc) is 2.84. The Kier molecular flexibility index (Phi) is 7.12. The monoisotopic (exact) mass is 472 g/mol. The number of nitrogens with two attached hydrogens (primary N) is 1. The standard InChI is InChI=1S/C29H29FN2O3/c1-4-35-28(33)18-29(2,31)17-21-15-26(32-25-14-13-22(30)16-24(21)25)20-11-9-19(10-12-20)23-7-5-6-8-27(23)34-3/h5-16H,4,17-18,31H2,1-3H3. The maximum atomic E-state index is 14.1. The van der Waals surface area contributed by atoms with E-state index in [1.807, 2.05) is 54.6 Å². The first-order chi connectivity index (χ1) is 16.8. The third-order valence-electron chi connectivity index (χ3n) is 5.90. The zero-order valence-electron chi connectivity index (χ0n) is 20.2. The molecule has 4 aromatic rings. The molecule has 0 aliphatic heterocycles. The molecule has 2 N–H and O–H groups in total. The molecule has 1 aromatic heterocycles. The summed E-state index contributed by atoms with van der Waals surface area (Å²) in [6.07, 6.45) is 0.420. The van der Waals surface area contributed by atoms with E-state index < -0.39 is 5.54 Å². The molecule has 0 saturated heterocycles. The number of ether oxygens (including phenoxy) is 2. The molecule has 0 aliphatic carbocycles. The molecule has 1 unspecified atom stereocenters. The van der Waals surface area contributed by atoms with Gasteiger partial charge in [-0.2, -0.15) is 0 Å². The number of aromatic nitrogens is 1. The first kappa shape index (κ1) is 24.4. The molecule has 0 amide bonds. The lowest BCUT2D eigenvalue weighted by Gasteiger charge is -2.24. The van der Waals surface area contributed by atoms with Crippen molar-refractivity contribution in [3.05, 3.63) is 84.2 Å². The van der Waals surface area contributed by atoms with E-state index in [2.05, 4.69) is 0 Å². The normalized spacial score (nSPS) is 12.8. The second-order valence-electron chi connectivity index (χ2n) is 8.92. The molecule has 0 aliphatic rings. The molecule has 4 rings (SSSR count). The summed E-state index contributed by atoms with van der Waals surface area (Å²) in [5.41, 5.74) is 10.8. The van der Waals surface area contributed by atoms with Crippen molar-refractivity contribution in [1.29, 1.82) is 0 Å². The van der Waals surface area contributed by atoms with Crippen LogP contribution < -0.4 is 10.5 Å². The Morgan fingerprint density at radius 1 is 1.03 bits per heavy atom. The van der Waals surface area contributed by atoms with Crippen LogP contribution in [0.3, 0.4) is 0 Å². The number of benzene rings is 3. The maximum absolute atomic E-state index is 14.1. The number of pyridine rings is 1. The summed E-state index contributed by atoms with van der Waals surface area (Å²) in [4.78, 5) is 16.8. The fraction of sp³-hybridized carbons (Fsp3) is 0.241. The molecule has 0 saturated carbocycles. The summed E-state index contributed by atoms with van der Waals surface area (Å²) in [6.45, 7) is 3.86. The zero-order chi connectivity index (χ0) is 25.0. The second-order valence-corrected chi connectivity index (χ2v) is 8.92. The number of carbonyl (C=O) groups excluding carboxylic acids is 1. The summed E-state index contributed by atoms with van der Waals surface area (Å²) in [5.74, 6) is 0.102. The quantitative estimate of drug-likeness (QED) is 0.322. The molecule has 0 bridgehead atoms. The Hall–Kier alpha value is -3.77. The minimum Gasteiger partial charge on any atom is -0.496 e. The van der Waals surface area contributed by atoms with Crippen molar-refractivity contribution in [2.24, 2.45) is 5.73 Å². The van der Waals surface area contributed by atoms with Gasteiger partial charge in [-0.1, -0.05) is 42.5 Å². The third kappa shape index (κ3) is 5.66. The van der Waals surface area contributed by atoms with Gasteiger partial charge < -0.3 is 15.2 Å². The Bertz CT molecular complexity index is 1350. The number of para-hydroxylation sites is 1. The zero-order valence-corrected chi connectivity index (χ0v) is 20.2. The SMILES string of the molecule is CCOC(=O)CC(C)(N)Cc1cc(-c2ccc(-c3ccccc3OC)cc2)nc2ccc(F)cc12. The van der Waals surface area contributed by atoms with Crippen LogP contribution in [0, 0.1) is 5.82 Å². The Morgan fingerprint density at radius 3 is 2.46 bits per heavy atom. The van der Waals surface area contributed by atoms with E-state index in [9.17, 15) is 9.18 Å². The number of rotatable bonds is 8. The van der Waals surface area contributed by atoms with Gasteiger partial charge in [-0.05, 0) is 61.7 Å². The van der Waals surface area contributed by atoms with Crippen LogP contribution in [-0.4, -0.2) is 30.2 Å². The van der Waals surface area contributed by atoms with Crippen molar-refractivity contribution in [1.82, 2.24) is 4.98 Å². The number of halogens is 1. The Labute approximate surface area is 204 Å². The van der Waals surface area contributed by atoms with Gasteiger partial charge in [0, 0.05) is 22.1 Å². The highest BCUT2D eigenvalue weighted by Gasteiger charge is 2.25. The number of esters is 1. The van der Waals surface area contributed by atoms with Crippen LogP contribution in [0.4, 0.5) is 4.39 Å². The topological polar surface area (TPSA) is 74.4 Å². The third-order valence-corrected chi connectivity index (χ3v) is 5.90. The van der Waals surface area contributed by atoms with Crippen molar-refractivity contribution >= 4 is 16.9 Å². The van der Waals surface area contributed by atoms with E-state index >= 15 is 0 Å². The van der Waals surface area contributed by atoms with Crippen LogP contribution in [0.5, 0.6) is 5.75 Å². The lowest BCUT2D eigenvalue weighted by atomic mass is 9.88. The largest absolute Gasteiger partial charge is 0.496 e. The van der Waals surface area contributed by atoms with Crippen molar-refractivity contribution in [3.8, 4) is 28.1 Å². The number of nitrogens with zero attached hydrogens (tertiary/aromatic N) is 1. The first-order valence-electron chi connectivity index (χ1n) is 11.6. The smallest absolute Gasteiger partial charge is 0.307 e. The summed E-state index contributed by atoms with van der Waals surface area (Å²) in [6, 6.07) is 22.4. The average molecular weight is 473 g/mol. The van der Waals surface area contributed by atoms with E-state index in [0.717, 1.165) is 33.7 Å². The van der Waals surface area contributed by atoms with E-state index in [1.54, 1.807) is 27.0 Å². The first-order valence-corrected chi connectivity index (χ1v) is 11.6. The van der Waals surface area contributed by atoms with E-state index in [0.29, 0.717) is 23.9 Å². The van der Waals surface area contributed by atoms with Gasteiger partial charge in [0.1, 0.15) is 11.6 Å². The van der Waals surface area contributed by atoms with Crippen LogP contribution in [0.15, 0.2) is 72.8 Å².